The molecule has 0 heterocycles. The van der Waals surface area contributed by atoms with Crippen LogP contribution >= 0.6 is 0 Å². The van der Waals surface area contributed by atoms with Crippen molar-refractivity contribution in [3.8, 4) is 0 Å². The molecule has 34 heavy (non-hydrogen) atoms. The lowest BCUT2D eigenvalue weighted by Crippen LogP contribution is -2.52. The van der Waals surface area contributed by atoms with Gasteiger partial charge in [-0.3, -0.25) is 9.59 Å². The highest BCUT2D eigenvalue weighted by Crippen LogP contribution is 2.20. The molecule has 176 valence electrons. The van der Waals surface area contributed by atoms with Crippen LogP contribution in [0.25, 0.3) is 0 Å². The van der Waals surface area contributed by atoms with Crippen molar-refractivity contribution in [1.29, 1.82) is 0 Å². The summed E-state index contributed by atoms with van der Waals surface area (Å²) in [7, 11) is 0. The first-order valence-corrected chi connectivity index (χ1v) is 12.3. The largest absolute Gasteiger partial charge is 0.352 e. The first kappa shape index (κ1) is 23.7. The van der Waals surface area contributed by atoms with Crippen LogP contribution in [0.1, 0.15) is 47.9 Å². The number of carbonyl (C=O) groups is 2. The number of hydrogen-bond acceptors (Lipinski definition) is 2. The smallest absolute Gasteiger partial charge is 0.243 e. The number of hydrogen-bond donors (Lipinski definition) is 1. The molecule has 0 bridgehead atoms. The fourth-order valence-corrected chi connectivity index (χ4v) is 4.68. The van der Waals surface area contributed by atoms with E-state index in [1.807, 2.05) is 91.9 Å². The molecule has 2 amide bonds. The van der Waals surface area contributed by atoms with Crippen LogP contribution in [0.4, 0.5) is 0 Å². The SMILES string of the molecule is Cc1ccc(CC(=O)N(Cc2ccccc2)C(Cc2ccccc2)C(=O)NC2CCCC2)cc1. The van der Waals surface area contributed by atoms with Gasteiger partial charge in [0, 0.05) is 19.0 Å². The van der Waals surface area contributed by atoms with Crippen molar-refractivity contribution in [2.45, 2.75) is 64.1 Å². The quantitative estimate of drug-likeness (QED) is 0.481. The molecular formula is C30H34N2O2. The zero-order chi connectivity index (χ0) is 23.8. The summed E-state index contributed by atoms with van der Waals surface area (Å²) in [6.45, 7) is 2.44. The minimum atomic E-state index is -0.568. The third-order valence-electron chi connectivity index (χ3n) is 6.64. The second kappa shape index (κ2) is 11.6. The summed E-state index contributed by atoms with van der Waals surface area (Å²) in [5, 5.41) is 3.26. The lowest BCUT2D eigenvalue weighted by atomic mass is 10.0. The van der Waals surface area contributed by atoms with Crippen molar-refractivity contribution >= 4 is 11.8 Å². The maximum atomic E-state index is 13.7. The molecule has 4 heteroatoms. The summed E-state index contributed by atoms with van der Waals surface area (Å²) in [6, 6.07) is 27.6. The van der Waals surface area contributed by atoms with Crippen LogP contribution in [0.5, 0.6) is 0 Å². The first-order valence-electron chi connectivity index (χ1n) is 12.3. The molecule has 4 rings (SSSR count). The molecule has 3 aromatic rings. The molecule has 1 saturated carbocycles. The number of rotatable bonds is 9. The summed E-state index contributed by atoms with van der Waals surface area (Å²) in [5.74, 6) is -0.0841. The van der Waals surface area contributed by atoms with Crippen LogP contribution < -0.4 is 5.32 Å². The van der Waals surface area contributed by atoms with E-state index in [9.17, 15) is 9.59 Å². The molecule has 1 fully saturated rings. The van der Waals surface area contributed by atoms with E-state index in [-0.39, 0.29) is 24.3 Å². The van der Waals surface area contributed by atoms with Crippen molar-refractivity contribution in [3.05, 3.63) is 107 Å². The molecule has 1 aliphatic carbocycles. The summed E-state index contributed by atoms with van der Waals surface area (Å²) < 4.78 is 0. The maximum absolute atomic E-state index is 13.7. The molecule has 0 aromatic heterocycles. The summed E-state index contributed by atoms with van der Waals surface area (Å²) in [4.78, 5) is 29.1. The molecule has 1 unspecified atom stereocenters. The normalized spacial score (nSPS) is 14.5. The summed E-state index contributed by atoms with van der Waals surface area (Å²) >= 11 is 0. The first-order chi connectivity index (χ1) is 16.6. The highest BCUT2D eigenvalue weighted by molar-refractivity contribution is 5.89. The van der Waals surface area contributed by atoms with Crippen LogP contribution in [0.15, 0.2) is 84.9 Å². The Hall–Kier alpha value is -3.40. The second-order valence-corrected chi connectivity index (χ2v) is 9.37. The number of amides is 2. The highest BCUT2D eigenvalue weighted by Gasteiger charge is 2.32. The van der Waals surface area contributed by atoms with E-state index in [1.54, 1.807) is 4.90 Å². The Morgan fingerprint density at radius 3 is 2.03 bits per heavy atom. The molecule has 3 aromatic carbocycles. The van der Waals surface area contributed by atoms with Crippen molar-refractivity contribution in [3.63, 3.8) is 0 Å². The third-order valence-corrected chi connectivity index (χ3v) is 6.64. The van der Waals surface area contributed by atoms with Gasteiger partial charge in [0.1, 0.15) is 6.04 Å². The van der Waals surface area contributed by atoms with E-state index in [0.29, 0.717) is 13.0 Å². The van der Waals surface area contributed by atoms with Crippen LogP contribution in [0.2, 0.25) is 0 Å². The summed E-state index contributed by atoms with van der Waals surface area (Å²) in [5.41, 5.74) is 4.19. The average molecular weight is 455 g/mol. The fourth-order valence-electron chi connectivity index (χ4n) is 4.68. The predicted molar refractivity (Wildman–Crippen MR) is 136 cm³/mol. The minimum Gasteiger partial charge on any atom is -0.352 e. The van der Waals surface area contributed by atoms with E-state index >= 15 is 0 Å². The lowest BCUT2D eigenvalue weighted by molar-refractivity contribution is -0.141. The molecule has 0 radical (unpaired) electrons. The number of nitrogens with one attached hydrogen (secondary N) is 1. The topological polar surface area (TPSA) is 49.4 Å². The Morgan fingerprint density at radius 2 is 1.41 bits per heavy atom. The van der Waals surface area contributed by atoms with Gasteiger partial charge in [-0.2, -0.15) is 0 Å². The van der Waals surface area contributed by atoms with Gasteiger partial charge in [-0.15, -0.1) is 0 Å². The monoisotopic (exact) mass is 454 g/mol. The van der Waals surface area contributed by atoms with Gasteiger partial charge in [-0.05, 0) is 36.5 Å². The Bertz CT molecular complexity index is 1060. The zero-order valence-electron chi connectivity index (χ0n) is 20.0. The van der Waals surface area contributed by atoms with E-state index in [1.165, 1.54) is 0 Å². The van der Waals surface area contributed by atoms with Gasteiger partial charge in [-0.1, -0.05) is 103 Å². The maximum Gasteiger partial charge on any atom is 0.243 e. The van der Waals surface area contributed by atoms with Crippen LogP contribution in [0, 0.1) is 6.92 Å². The second-order valence-electron chi connectivity index (χ2n) is 9.37. The van der Waals surface area contributed by atoms with Gasteiger partial charge in [0.2, 0.25) is 11.8 Å². The molecule has 0 spiro atoms. The number of aryl methyl sites for hydroxylation is 1. The molecule has 4 nitrogen and oxygen atoms in total. The van der Waals surface area contributed by atoms with Crippen LogP contribution in [-0.2, 0) is 29.0 Å². The van der Waals surface area contributed by atoms with Gasteiger partial charge < -0.3 is 10.2 Å². The van der Waals surface area contributed by atoms with Gasteiger partial charge in [0.15, 0.2) is 0 Å². The van der Waals surface area contributed by atoms with Gasteiger partial charge in [0.05, 0.1) is 6.42 Å². The van der Waals surface area contributed by atoms with Crippen molar-refractivity contribution in [2.24, 2.45) is 0 Å². The Morgan fingerprint density at radius 1 is 0.824 bits per heavy atom. The minimum absolute atomic E-state index is 0.0322. The van der Waals surface area contributed by atoms with Gasteiger partial charge in [-0.25, -0.2) is 0 Å². The molecule has 0 aliphatic heterocycles. The molecule has 0 saturated heterocycles. The van der Waals surface area contributed by atoms with Gasteiger partial charge in [0.25, 0.3) is 0 Å². The molecule has 1 N–H and O–H groups in total. The van der Waals surface area contributed by atoms with Crippen molar-refractivity contribution in [1.82, 2.24) is 10.2 Å². The van der Waals surface area contributed by atoms with E-state index < -0.39 is 6.04 Å². The molecular weight excluding hydrogens is 420 g/mol. The van der Waals surface area contributed by atoms with Crippen molar-refractivity contribution in [2.75, 3.05) is 0 Å². The Balaban J connectivity index is 1.63. The lowest BCUT2D eigenvalue weighted by Gasteiger charge is -2.32. The molecule has 1 aliphatic rings. The standard InChI is InChI=1S/C30H34N2O2/c1-23-16-18-25(19-17-23)21-29(33)32(22-26-12-6-3-7-13-26)28(20-24-10-4-2-5-11-24)30(34)31-27-14-8-9-15-27/h2-7,10-13,16-19,27-28H,8-9,14-15,20-22H2,1H3,(H,31,34). The number of nitrogens with zero attached hydrogens (tertiary/aromatic N) is 1. The fraction of sp³-hybridized carbons (Fsp3) is 0.333. The Labute approximate surface area is 203 Å². The zero-order valence-corrected chi connectivity index (χ0v) is 20.0. The summed E-state index contributed by atoms with van der Waals surface area (Å²) in [6.07, 6.45) is 5.09. The van der Waals surface area contributed by atoms with Crippen LogP contribution in [0.3, 0.4) is 0 Å². The predicted octanol–water partition coefficient (Wildman–Crippen LogP) is 5.24. The van der Waals surface area contributed by atoms with E-state index in [0.717, 1.165) is 47.9 Å². The Kier molecular flexibility index (Phi) is 8.13. The average Bonchev–Trinajstić information content (AvgIpc) is 3.37. The van der Waals surface area contributed by atoms with Crippen molar-refractivity contribution < 1.29 is 9.59 Å². The van der Waals surface area contributed by atoms with E-state index in [2.05, 4.69) is 5.32 Å². The van der Waals surface area contributed by atoms with Gasteiger partial charge >= 0.3 is 0 Å². The number of benzene rings is 3. The van der Waals surface area contributed by atoms with E-state index in [4.69, 9.17) is 0 Å². The molecule has 1 atom stereocenters. The number of carbonyl (C=O) groups excluding carboxylic acids is 2. The third kappa shape index (κ3) is 6.57. The van der Waals surface area contributed by atoms with Crippen LogP contribution in [-0.4, -0.2) is 28.8 Å². The highest BCUT2D eigenvalue weighted by atomic mass is 16.2.